The summed E-state index contributed by atoms with van der Waals surface area (Å²) in [5, 5.41) is 3.26. The number of rotatable bonds is 6. The lowest BCUT2D eigenvalue weighted by Crippen LogP contribution is -2.39. The zero-order valence-corrected chi connectivity index (χ0v) is 18.1. The van der Waals surface area contributed by atoms with Crippen LogP contribution in [0.25, 0.3) is 0 Å². The van der Waals surface area contributed by atoms with Crippen LogP contribution in [0, 0.1) is 0 Å². The van der Waals surface area contributed by atoms with Crippen LogP contribution in [0.1, 0.15) is 62.3 Å². The Balaban J connectivity index is 2.71. The van der Waals surface area contributed by atoms with Gasteiger partial charge in [0.2, 0.25) is 5.78 Å². The molecule has 4 nitrogen and oxygen atoms in total. The van der Waals surface area contributed by atoms with E-state index < -0.39 is 5.54 Å². The number of carbonyl (C=O) groups excluding carboxylic acids is 2. The Labute approximate surface area is 173 Å². The number of nitrogens with one attached hydrogen (secondary N) is 1. The average Bonchev–Trinajstić information content (AvgIpc) is 2.66. The third-order valence-electron chi connectivity index (χ3n) is 3.89. The van der Waals surface area contributed by atoms with Crippen molar-refractivity contribution in [2.45, 2.75) is 52.6 Å². The lowest BCUT2D eigenvalue weighted by molar-refractivity contribution is 0.0993. The van der Waals surface area contributed by atoms with Crippen LogP contribution < -0.4 is 5.32 Å². The van der Waals surface area contributed by atoms with E-state index in [4.69, 9.17) is 0 Å². The Morgan fingerprint density at radius 1 is 0.759 bits per heavy atom. The summed E-state index contributed by atoms with van der Waals surface area (Å²) in [6, 6.07) is 17.9. The van der Waals surface area contributed by atoms with Crippen molar-refractivity contribution in [3.63, 3.8) is 0 Å². The number of Topliss-reactive ketones (excluding diaryl/α,β-unsaturated/α-hetero) is 2. The van der Waals surface area contributed by atoms with Crippen LogP contribution in [0.5, 0.6) is 0 Å². The fourth-order valence-corrected chi connectivity index (χ4v) is 2.60. The molecule has 0 bridgehead atoms. The molecule has 2 aromatic carbocycles. The molecule has 0 atom stereocenters. The molecule has 0 heterocycles. The van der Waals surface area contributed by atoms with E-state index in [-0.39, 0.29) is 28.4 Å². The Kier molecular flexibility index (Phi) is 6.91. The number of allylic oxidation sites excluding steroid dienone is 2. The zero-order valence-electron chi connectivity index (χ0n) is 18.1. The maximum absolute atomic E-state index is 13.4. The van der Waals surface area contributed by atoms with Gasteiger partial charge in [-0.15, -0.1) is 0 Å². The van der Waals surface area contributed by atoms with E-state index in [1.54, 1.807) is 24.3 Å². The maximum Gasteiger partial charge on any atom is 0.209 e. The monoisotopic (exact) mass is 390 g/mol. The predicted octanol–water partition coefficient (Wildman–Crippen LogP) is 5.26. The van der Waals surface area contributed by atoms with Gasteiger partial charge in [-0.2, -0.15) is 0 Å². The Morgan fingerprint density at radius 2 is 1.21 bits per heavy atom. The number of carbonyl (C=O) groups is 2. The molecule has 0 radical (unpaired) electrons. The minimum atomic E-state index is -0.419. The van der Waals surface area contributed by atoms with Crippen molar-refractivity contribution in [2.75, 3.05) is 0 Å². The highest BCUT2D eigenvalue weighted by molar-refractivity contribution is 6.27. The smallest absolute Gasteiger partial charge is 0.209 e. The van der Waals surface area contributed by atoms with E-state index in [1.165, 1.54) is 6.21 Å². The number of aliphatic imine (C=N–C) groups is 1. The van der Waals surface area contributed by atoms with Crippen LogP contribution in [-0.4, -0.2) is 28.9 Å². The molecule has 0 unspecified atom stereocenters. The second kappa shape index (κ2) is 8.99. The molecular formula is C25H30N2O2. The number of hydrogen-bond acceptors (Lipinski definition) is 4. The molecule has 152 valence electrons. The minimum Gasteiger partial charge on any atom is -0.377 e. The van der Waals surface area contributed by atoms with Gasteiger partial charge in [0.1, 0.15) is 0 Å². The van der Waals surface area contributed by atoms with E-state index in [0.717, 1.165) is 0 Å². The molecule has 0 saturated heterocycles. The first-order chi connectivity index (χ1) is 13.5. The molecular weight excluding hydrogens is 360 g/mol. The molecule has 0 aliphatic carbocycles. The largest absolute Gasteiger partial charge is 0.377 e. The molecule has 0 saturated carbocycles. The zero-order chi connectivity index (χ0) is 21.7. The Hall–Kier alpha value is -3.01. The van der Waals surface area contributed by atoms with Crippen molar-refractivity contribution in [1.82, 2.24) is 5.32 Å². The van der Waals surface area contributed by atoms with Gasteiger partial charge < -0.3 is 5.32 Å². The standard InChI is InChI=1S/C25H30N2O2/c1-24(2,3)26-17-20(22(28)18-13-9-7-10-14-18)21(27-25(4,5)6)23(29)19-15-11-8-12-16-19/h7-17,27H,1-6H3/b21-20-,26-17?. The van der Waals surface area contributed by atoms with E-state index >= 15 is 0 Å². The molecule has 0 aliphatic rings. The molecule has 0 aromatic heterocycles. The number of nitrogens with zero attached hydrogens (tertiary/aromatic N) is 1. The summed E-state index contributed by atoms with van der Waals surface area (Å²) in [5.41, 5.74) is 0.738. The number of benzene rings is 2. The highest BCUT2D eigenvalue weighted by atomic mass is 16.1. The molecule has 0 aliphatic heterocycles. The van der Waals surface area contributed by atoms with E-state index in [2.05, 4.69) is 10.3 Å². The van der Waals surface area contributed by atoms with Gasteiger partial charge in [-0.05, 0) is 41.5 Å². The Bertz CT molecular complexity index is 913. The van der Waals surface area contributed by atoms with Gasteiger partial charge in [-0.25, -0.2) is 0 Å². The van der Waals surface area contributed by atoms with E-state index in [0.29, 0.717) is 11.1 Å². The number of ketones is 2. The van der Waals surface area contributed by atoms with Gasteiger partial charge in [-0.1, -0.05) is 60.7 Å². The van der Waals surface area contributed by atoms with Crippen LogP contribution >= 0.6 is 0 Å². The summed E-state index contributed by atoms with van der Waals surface area (Å²) in [4.78, 5) is 31.3. The molecule has 2 aromatic rings. The summed E-state index contributed by atoms with van der Waals surface area (Å²) in [7, 11) is 0. The third kappa shape index (κ3) is 6.83. The topological polar surface area (TPSA) is 58.5 Å². The SMILES string of the molecule is CC(C)(C)N=C/C(C(=O)c1ccccc1)=C(/NC(C)(C)C)C(=O)c1ccccc1. The van der Waals surface area contributed by atoms with Gasteiger partial charge in [0.05, 0.1) is 16.8 Å². The first-order valence-corrected chi connectivity index (χ1v) is 9.75. The third-order valence-corrected chi connectivity index (χ3v) is 3.89. The second-order valence-electron chi connectivity index (χ2n) is 8.98. The van der Waals surface area contributed by atoms with Crippen molar-refractivity contribution < 1.29 is 9.59 Å². The number of hydrogen-bond donors (Lipinski definition) is 1. The average molecular weight is 391 g/mol. The van der Waals surface area contributed by atoms with Crippen LogP contribution in [0.3, 0.4) is 0 Å². The molecule has 2 rings (SSSR count). The summed E-state index contributed by atoms with van der Waals surface area (Å²) in [6.07, 6.45) is 1.53. The van der Waals surface area contributed by atoms with Crippen LogP contribution in [0.2, 0.25) is 0 Å². The fourth-order valence-electron chi connectivity index (χ4n) is 2.60. The maximum atomic E-state index is 13.4. The highest BCUT2D eigenvalue weighted by Gasteiger charge is 2.26. The normalized spacial score (nSPS) is 13.2. The summed E-state index contributed by atoms with van der Waals surface area (Å²) in [5.74, 6) is -0.477. The van der Waals surface area contributed by atoms with Gasteiger partial charge >= 0.3 is 0 Å². The Morgan fingerprint density at radius 3 is 1.62 bits per heavy atom. The van der Waals surface area contributed by atoms with Crippen LogP contribution in [0.4, 0.5) is 0 Å². The molecule has 0 spiro atoms. The lowest BCUT2D eigenvalue weighted by atomic mass is 9.95. The van der Waals surface area contributed by atoms with Gasteiger partial charge in [-0.3, -0.25) is 14.6 Å². The minimum absolute atomic E-state index is 0.236. The van der Waals surface area contributed by atoms with Gasteiger partial charge in [0.15, 0.2) is 5.78 Å². The fraction of sp³-hybridized carbons (Fsp3) is 0.320. The van der Waals surface area contributed by atoms with Gasteiger partial charge in [0.25, 0.3) is 0 Å². The van der Waals surface area contributed by atoms with E-state index in [1.807, 2.05) is 77.9 Å². The van der Waals surface area contributed by atoms with E-state index in [9.17, 15) is 9.59 Å². The molecule has 4 heteroatoms. The molecule has 0 amide bonds. The highest BCUT2D eigenvalue weighted by Crippen LogP contribution is 2.19. The predicted molar refractivity (Wildman–Crippen MR) is 120 cm³/mol. The summed E-state index contributed by atoms with van der Waals surface area (Å²) < 4.78 is 0. The van der Waals surface area contributed by atoms with Gasteiger partial charge in [0, 0.05) is 22.9 Å². The van der Waals surface area contributed by atoms with Crippen molar-refractivity contribution in [3.8, 4) is 0 Å². The van der Waals surface area contributed by atoms with Crippen LogP contribution in [-0.2, 0) is 0 Å². The molecule has 0 fully saturated rings. The van der Waals surface area contributed by atoms with Crippen molar-refractivity contribution in [1.29, 1.82) is 0 Å². The molecule has 29 heavy (non-hydrogen) atoms. The van der Waals surface area contributed by atoms with Crippen molar-refractivity contribution in [3.05, 3.63) is 83.1 Å². The summed E-state index contributed by atoms with van der Waals surface area (Å²) >= 11 is 0. The van der Waals surface area contributed by atoms with Crippen molar-refractivity contribution >= 4 is 17.8 Å². The first kappa shape index (κ1) is 22.3. The van der Waals surface area contributed by atoms with Crippen molar-refractivity contribution in [2.24, 2.45) is 4.99 Å². The van der Waals surface area contributed by atoms with Crippen LogP contribution in [0.15, 0.2) is 76.9 Å². The quantitative estimate of drug-likeness (QED) is 0.416. The second-order valence-corrected chi connectivity index (χ2v) is 8.98. The molecule has 1 N–H and O–H groups in total. The first-order valence-electron chi connectivity index (χ1n) is 9.75. The lowest BCUT2D eigenvalue weighted by Gasteiger charge is -2.25. The summed E-state index contributed by atoms with van der Waals surface area (Å²) in [6.45, 7) is 11.7.